The standard InChI is InChI=1S/C24H26N2O2S/c1-17-9-6-7-14-21(17)26-23(27)22(16-18-10-8-13-20(15-18)28-2)29-24(26)25-19-11-4-3-5-12-19/h3-5,8,10-13,15-17,21H,6-7,9,14H2,1-2H3/b22-16-,25-24?/t17-,21-/m0/s1. The average molecular weight is 407 g/mol. The number of benzene rings is 2. The smallest absolute Gasteiger partial charge is 0.267 e. The second-order valence-electron chi connectivity index (χ2n) is 7.62. The van der Waals surface area contributed by atoms with Crippen LogP contribution in [0.25, 0.3) is 6.08 Å². The van der Waals surface area contributed by atoms with Crippen LogP contribution in [-0.2, 0) is 4.79 Å². The van der Waals surface area contributed by atoms with Crippen LogP contribution in [0.15, 0.2) is 64.5 Å². The zero-order valence-corrected chi connectivity index (χ0v) is 17.7. The Bertz CT molecular complexity index is 939. The SMILES string of the molecule is COc1cccc(/C=C2\SC(=Nc3ccccc3)N([C@H]3CCCC[C@@H]3C)C2=O)c1. The lowest BCUT2D eigenvalue weighted by Crippen LogP contribution is -2.44. The molecule has 1 saturated carbocycles. The van der Waals surface area contributed by atoms with E-state index >= 15 is 0 Å². The average Bonchev–Trinajstić information content (AvgIpc) is 3.04. The number of aliphatic imine (C=N–C) groups is 1. The number of thioether (sulfide) groups is 1. The quantitative estimate of drug-likeness (QED) is 0.596. The molecule has 0 N–H and O–H groups in total. The number of amidine groups is 1. The van der Waals surface area contributed by atoms with Crippen molar-refractivity contribution in [3.8, 4) is 5.75 Å². The summed E-state index contributed by atoms with van der Waals surface area (Å²) in [5.41, 5.74) is 1.83. The lowest BCUT2D eigenvalue weighted by Gasteiger charge is -2.35. The van der Waals surface area contributed by atoms with Gasteiger partial charge in [-0.15, -0.1) is 0 Å². The van der Waals surface area contributed by atoms with E-state index in [0.717, 1.165) is 41.4 Å². The van der Waals surface area contributed by atoms with Gasteiger partial charge in [-0.3, -0.25) is 9.69 Å². The Kier molecular flexibility index (Phi) is 6.05. The second kappa shape index (κ2) is 8.87. The Morgan fingerprint density at radius 3 is 2.66 bits per heavy atom. The van der Waals surface area contributed by atoms with Gasteiger partial charge in [0.1, 0.15) is 5.75 Å². The van der Waals surface area contributed by atoms with Crippen LogP contribution in [0.5, 0.6) is 5.75 Å². The van der Waals surface area contributed by atoms with Crippen LogP contribution in [0, 0.1) is 5.92 Å². The minimum Gasteiger partial charge on any atom is -0.497 e. The maximum absolute atomic E-state index is 13.4. The van der Waals surface area contributed by atoms with Crippen molar-refractivity contribution >= 4 is 34.6 Å². The Morgan fingerprint density at radius 2 is 1.90 bits per heavy atom. The molecule has 1 saturated heterocycles. The number of carbonyl (C=O) groups excluding carboxylic acids is 1. The molecule has 5 heteroatoms. The minimum atomic E-state index is 0.0613. The zero-order valence-electron chi connectivity index (χ0n) is 16.9. The predicted molar refractivity (Wildman–Crippen MR) is 120 cm³/mol. The molecule has 1 amide bonds. The first-order valence-electron chi connectivity index (χ1n) is 10.2. The molecule has 2 atom stereocenters. The first-order chi connectivity index (χ1) is 14.2. The fourth-order valence-electron chi connectivity index (χ4n) is 4.03. The van der Waals surface area contributed by atoms with Crippen molar-refractivity contribution in [2.45, 2.75) is 38.6 Å². The molecule has 150 valence electrons. The number of hydrogen-bond acceptors (Lipinski definition) is 4. The van der Waals surface area contributed by atoms with Gasteiger partial charge in [0.25, 0.3) is 5.91 Å². The second-order valence-corrected chi connectivity index (χ2v) is 8.63. The Balaban J connectivity index is 1.71. The monoisotopic (exact) mass is 406 g/mol. The molecule has 0 bridgehead atoms. The van der Waals surface area contributed by atoms with Gasteiger partial charge in [-0.1, -0.05) is 50.1 Å². The van der Waals surface area contributed by atoms with Crippen LogP contribution in [0.4, 0.5) is 5.69 Å². The topological polar surface area (TPSA) is 41.9 Å². The lowest BCUT2D eigenvalue weighted by atomic mass is 9.85. The molecule has 1 aliphatic carbocycles. The zero-order chi connectivity index (χ0) is 20.2. The third-order valence-electron chi connectivity index (χ3n) is 5.61. The van der Waals surface area contributed by atoms with E-state index in [9.17, 15) is 4.79 Å². The molecular formula is C24H26N2O2S. The Labute approximate surface area is 176 Å². The van der Waals surface area contributed by atoms with Crippen molar-refractivity contribution in [3.05, 3.63) is 65.1 Å². The summed E-state index contributed by atoms with van der Waals surface area (Å²) in [6.45, 7) is 2.26. The number of hydrogen-bond donors (Lipinski definition) is 0. The van der Waals surface area contributed by atoms with E-state index in [-0.39, 0.29) is 11.9 Å². The summed E-state index contributed by atoms with van der Waals surface area (Å²) in [6, 6.07) is 17.9. The van der Waals surface area contributed by atoms with E-state index in [2.05, 4.69) is 6.92 Å². The summed E-state index contributed by atoms with van der Waals surface area (Å²) in [5.74, 6) is 1.32. The molecule has 0 unspecified atom stereocenters. The maximum Gasteiger partial charge on any atom is 0.267 e. The highest BCUT2D eigenvalue weighted by molar-refractivity contribution is 8.18. The fourth-order valence-corrected chi connectivity index (χ4v) is 5.08. The van der Waals surface area contributed by atoms with Crippen LogP contribution in [0.2, 0.25) is 0 Å². The van der Waals surface area contributed by atoms with E-state index in [1.165, 1.54) is 18.2 Å². The fraction of sp³-hybridized carbons (Fsp3) is 0.333. The first-order valence-corrected chi connectivity index (χ1v) is 11.0. The number of ether oxygens (including phenoxy) is 1. The highest BCUT2D eigenvalue weighted by atomic mass is 32.2. The van der Waals surface area contributed by atoms with Gasteiger partial charge in [-0.2, -0.15) is 0 Å². The number of nitrogens with zero attached hydrogens (tertiary/aromatic N) is 2. The van der Waals surface area contributed by atoms with Crippen LogP contribution in [0.3, 0.4) is 0 Å². The van der Waals surface area contributed by atoms with Gasteiger partial charge in [0.15, 0.2) is 5.17 Å². The van der Waals surface area contributed by atoms with Crippen molar-refractivity contribution < 1.29 is 9.53 Å². The molecular weight excluding hydrogens is 380 g/mol. The van der Waals surface area contributed by atoms with Crippen LogP contribution >= 0.6 is 11.8 Å². The van der Waals surface area contributed by atoms with Crippen molar-refractivity contribution in [1.29, 1.82) is 0 Å². The molecule has 1 aliphatic heterocycles. The predicted octanol–water partition coefficient (Wildman–Crippen LogP) is 5.88. The van der Waals surface area contributed by atoms with Gasteiger partial charge in [-0.25, -0.2) is 4.99 Å². The van der Waals surface area contributed by atoms with Crippen molar-refractivity contribution in [3.63, 3.8) is 0 Å². The van der Waals surface area contributed by atoms with Gasteiger partial charge < -0.3 is 4.74 Å². The highest BCUT2D eigenvalue weighted by Crippen LogP contribution is 2.40. The first kappa shape index (κ1) is 19.8. The van der Waals surface area contributed by atoms with Gasteiger partial charge in [-0.05, 0) is 66.4 Å². The molecule has 0 radical (unpaired) electrons. The summed E-state index contributed by atoms with van der Waals surface area (Å²) in [4.78, 5) is 20.9. The van der Waals surface area contributed by atoms with Crippen molar-refractivity contribution in [1.82, 2.24) is 4.90 Å². The Morgan fingerprint density at radius 1 is 1.10 bits per heavy atom. The normalized spacial score (nSPS) is 25.0. The molecule has 2 aromatic carbocycles. The molecule has 2 fully saturated rings. The van der Waals surface area contributed by atoms with Crippen LogP contribution in [0.1, 0.15) is 38.2 Å². The van der Waals surface area contributed by atoms with E-state index in [1.807, 2.05) is 65.6 Å². The molecule has 0 spiro atoms. The Hall–Kier alpha value is -2.53. The summed E-state index contributed by atoms with van der Waals surface area (Å²) >= 11 is 1.47. The maximum atomic E-state index is 13.4. The van der Waals surface area contributed by atoms with E-state index < -0.39 is 0 Å². The number of para-hydroxylation sites is 1. The van der Waals surface area contributed by atoms with E-state index in [0.29, 0.717) is 10.8 Å². The molecule has 4 nitrogen and oxygen atoms in total. The molecule has 2 aliphatic rings. The third kappa shape index (κ3) is 4.40. The molecule has 1 heterocycles. The molecule has 4 rings (SSSR count). The van der Waals surface area contributed by atoms with Gasteiger partial charge in [0.2, 0.25) is 0 Å². The van der Waals surface area contributed by atoms with Crippen LogP contribution in [-0.4, -0.2) is 29.1 Å². The number of amides is 1. The number of carbonyl (C=O) groups is 1. The van der Waals surface area contributed by atoms with E-state index in [4.69, 9.17) is 9.73 Å². The number of rotatable bonds is 4. The largest absolute Gasteiger partial charge is 0.497 e. The summed E-state index contributed by atoms with van der Waals surface area (Å²) in [7, 11) is 1.65. The summed E-state index contributed by atoms with van der Waals surface area (Å²) in [6.07, 6.45) is 6.55. The van der Waals surface area contributed by atoms with Crippen molar-refractivity contribution in [2.75, 3.05) is 7.11 Å². The van der Waals surface area contributed by atoms with Gasteiger partial charge >= 0.3 is 0 Å². The van der Waals surface area contributed by atoms with E-state index in [1.54, 1.807) is 7.11 Å². The number of methoxy groups -OCH3 is 1. The molecule has 0 aromatic heterocycles. The van der Waals surface area contributed by atoms with Gasteiger partial charge in [0, 0.05) is 6.04 Å². The van der Waals surface area contributed by atoms with Gasteiger partial charge in [0.05, 0.1) is 17.7 Å². The molecule has 29 heavy (non-hydrogen) atoms. The summed E-state index contributed by atoms with van der Waals surface area (Å²) in [5, 5.41) is 0.786. The van der Waals surface area contributed by atoms with Crippen molar-refractivity contribution in [2.24, 2.45) is 10.9 Å². The summed E-state index contributed by atoms with van der Waals surface area (Å²) < 4.78 is 5.32. The molecule has 2 aromatic rings. The van der Waals surface area contributed by atoms with Crippen LogP contribution < -0.4 is 4.74 Å². The lowest BCUT2D eigenvalue weighted by molar-refractivity contribution is -0.124. The minimum absolute atomic E-state index is 0.0613. The highest BCUT2D eigenvalue weighted by Gasteiger charge is 2.41. The third-order valence-corrected chi connectivity index (χ3v) is 6.59.